The molecule has 0 spiro atoms. The molecular weight excluding hydrogens is 472 g/mol. The molecule has 0 aromatic heterocycles. The number of nitrogens with zero attached hydrogens (tertiary/aromatic N) is 2. The van der Waals surface area contributed by atoms with Gasteiger partial charge in [-0.2, -0.15) is 0 Å². The molecule has 3 aromatic rings. The van der Waals surface area contributed by atoms with Crippen LogP contribution in [0.25, 0.3) is 0 Å². The highest BCUT2D eigenvalue weighted by atomic mass is 32.2. The Kier molecular flexibility index (Phi) is 8.54. The van der Waals surface area contributed by atoms with Crippen LogP contribution in [0.3, 0.4) is 0 Å². The van der Waals surface area contributed by atoms with Gasteiger partial charge in [-0.05, 0) is 35.3 Å². The zero-order valence-electron chi connectivity index (χ0n) is 19.5. The van der Waals surface area contributed by atoms with Crippen LogP contribution in [0.5, 0.6) is 0 Å². The number of carbonyl (C=O) groups excluding carboxylic acids is 1. The first kappa shape index (κ1) is 24.9. The van der Waals surface area contributed by atoms with Crippen LogP contribution < -0.4 is 0 Å². The van der Waals surface area contributed by atoms with E-state index >= 15 is 0 Å². The Hall–Kier alpha value is -3.18. The predicted molar refractivity (Wildman–Crippen MR) is 147 cm³/mol. The summed E-state index contributed by atoms with van der Waals surface area (Å²) in [6.07, 6.45) is 2.01. The highest BCUT2D eigenvalue weighted by Crippen LogP contribution is 2.52. The summed E-state index contributed by atoms with van der Waals surface area (Å²) in [7, 11) is 0. The molecule has 0 N–H and O–H groups in total. The maximum Gasteiger partial charge on any atom is 0.410 e. The van der Waals surface area contributed by atoms with Crippen LogP contribution in [0.2, 0.25) is 0 Å². The van der Waals surface area contributed by atoms with E-state index in [0.717, 1.165) is 6.42 Å². The van der Waals surface area contributed by atoms with Gasteiger partial charge in [-0.1, -0.05) is 104 Å². The molecule has 0 bridgehead atoms. The molecule has 0 radical (unpaired) electrons. The summed E-state index contributed by atoms with van der Waals surface area (Å²) in [6.45, 7) is 4.81. The lowest BCUT2D eigenvalue weighted by Crippen LogP contribution is -2.38. The van der Waals surface area contributed by atoms with Gasteiger partial charge >= 0.3 is 6.09 Å². The van der Waals surface area contributed by atoms with Crippen molar-refractivity contribution in [2.45, 2.75) is 22.5 Å². The average Bonchev–Trinajstić information content (AvgIpc) is 3.33. The van der Waals surface area contributed by atoms with Gasteiger partial charge in [0.05, 0.1) is 22.5 Å². The fourth-order valence-corrected chi connectivity index (χ4v) is 6.63. The molecule has 4 nitrogen and oxygen atoms in total. The van der Waals surface area contributed by atoms with E-state index in [-0.39, 0.29) is 24.0 Å². The van der Waals surface area contributed by atoms with Gasteiger partial charge in [0, 0.05) is 11.8 Å². The zero-order valence-corrected chi connectivity index (χ0v) is 21.1. The number of benzene rings is 3. The molecule has 178 valence electrons. The van der Waals surface area contributed by atoms with Crippen molar-refractivity contribution in [2.24, 2.45) is 4.99 Å². The third-order valence-corrected chi connectivity index (χ3v) is 8.05. The maximum absolute atomic E-state index is 12.9. The van der Waals surface area contributed by atoms with Gasteiger partial charge in [0.1, 0.15) is 6.61 Å². The van der Waals surface area contributed by atoms with E-state index in [4.69, 9.17) is 17.0 Å². The Morgan fingerprint density at radius 2 is 1.54 bits per heavy atom. The first-order valence-corrected chi connectivity index (χ1v) is 12.9. The predicted octanol–water partition coefficient (Wildman–Crippen LogP) is 6.58. The highest BCUT2D eigenvalue weighted by Gasteiger charge is 2.44. The molecule has 1 aliphatic heterocycles. The van der Waals surface area contributed by atoms with Crippen LogP contribution >= 0.6 is 24.0 Å². The smallest absolute Gasteiger partial charge is 0.410 e. The Bertz CT molecular complexity index is 1070. The second-order valence-corrected chi connectivity index (χ2v) is 10.1. The molecule has 1 amide bonds. The molecule has 2 atom stereocenters. The summed E-state index contributed by atoms with van der Waals surface area (Å²) in [5.74, 6) is 0. The summed E-state index contributed by atoms with van der Waals surface area (Å²) in [6, 6.07) is 31.7. The van der Waals surface area contributed by atoms with E-state index in [0.29, 0.717) is 13.1 Å². The van der Waals surface area contributed by atoms with E-state index in [1.54, 1.807) is 11.0 Å². The summed E-state index contributed by atoms with van der Waals surface area (Å²) in [5.41, 5.74) is 3.59. The van der Waals surface area contributed by atoms with E-state index in [1.165, 1.54) is 16.7 Å². The van der Waals surface area contributed by atoms with E-state index < -0.39 is 4.75 Å². The normalized spacial score (nSPS) is 17.4. The van der Waals surface area contributed by atoms with Gasteiger partial charge in [-0.15, -0.1) is 11.8 Å². The maximum atomic E-state index is 12.9. The Balaban J connectivity index is 1.77. The number of isothiocyanates is 1. The summed E-state index contributed by atoms with van der Waals surface area (Å²) < 4.78 is 4.94. The van der Waals surface area contributed by atoms with Gasteiger partial charge in [-0.25, -0.2) is 9.79 Å². The molecule has 0 saturated carbocycles. The molecule has 0 aliphatic carbocycles. The number of ether oxygens (including phenoxy) is 1. The number of rotatable bonds is 9. The Morgan fingerprint density at radius 3 is 2.00 bits per heavy atom. The summed E-state index contributed by atoms with van der Waals surface area (Å²) in [5, 5.41) is 2.59. The number of carbonyl (C=O) groups is 1. The van der Waals surface area contributed by atoms with Crippen LogP contribution in [-0.4, -0.2) is 47.1 Å². The highest BCUT2D eigenvalue weighted by molar-refractivity contribution is 8.01. The second-order valence-electron chi connectivity index (χ2n) is 8.36. The average molecular weight is 501 g/mol. The minimum atomic E-state index is -0.451. The van der Waals surface area contributed by atoms with E-state index in [2.05, 4.69) is 89.5 Å². The number of likely N-dealkylation sites (tertiary alicyclic amines) is 1. The van der Waals surface area contributed by atoms with Crippen LogP contribution in [0, 0.1) is 0 Å². The molecule has 1 fully saturated rings. The van der Waals surface area contributed by atoms with Crippen molar-refractivity contribution < 1.29 is 9.53 Å². The lowest BCUT2D eigenvalue weighted by Gasteiger charge is -2.37. The number of aliphatic imine (C=N–C) groups is 1. The fourth-order valence-electron chi connectivity index (χ4n) is 4.68. The molecule has 0 unspecified atom stereocenters. The number of thiocarbonyl (C=S) groups is 1. The lowest BCUT2D eigenvalue weighted by molar-refractivity contribution is 0.109. The second kappa shape index (κ2) is 12.0. The minimum Gasteiger partial charge on any atom is -0.445 e. The molecular formula is C29H28N2O2S2. The van der Waals surface area contributed by atoms with Crippen molar-refractivity contribution in [1.29, 1.82) is 0 Å². The van der Waals surface area contributed by atoms with Crippen LogP contribution in [0.15, 0.2) is 109 Å². The zero-order chi connectivity index (χ0) is 24.5. The standard InChI is InChI=1S/C29H28N2O2S2/c1-2-18-33-28(32)31-21-27(19-26(31)20-30-22-34)35-29(23-12-6-3-7-13-23,24-14-8-4-9-15-24)25-16-10-5-11-17-25/h2-17,26-27H,1,18-21H2/t26-,27-/m0/s1. The largest absolute Gasteiger partial charge is 0.445 e. The lowest BCUT2D eigenvalue weighted by atomic mass is 9.84. The minimum absolute atomic E-state index is 0.0970. The van der Waals surface area contributed by atoms with Gasteiger partial charge < -0.3 is 9.64 Å². The monoisotopic (exact) mass is 500 g/mol. The number of thioether (sulfide) groups is 1. The van der Waals surface area contributed by atoms with Crippen molar-refractivity contribution in [3.63, 3.8) is 0 Å². The van der Waals surface area contributed by atoms with Crippen molar-refractivity contribution >= 4 is 35.2 Å². The molecule has 3 aromatic carbocycles. The molecule has 35 heavy (non-hydrogen) atoms. The van der Waals surface area contributed by atoms with Crippen LogP contribution in [0.1, 0.15) is 23.1 Å². The van der Waals surface area contributed by atoms with Gasteiger partial charge in [0.2, 0.25) is 0 Å². The quantitative estimate of drug-likeness (QED) is 0.144. The van der Waals surface area contributed by atoms with Gasteiger partial charge in [-0.3, -0.25) is 0 Å². The third kappa shape index (κ3) is 5.57. The van der Waals surface area contributed by atoms with Crippen molar-refractivity contribution in [3.8, 4) is 0 Å². The van der Waals surface area contributed by atoms with Crippen LogP contribution in [-0.2, 0) is 9.48 Å². The first-order chi connectivity index (χ1) is 17.2. The fraction of sp³-hybridized carbons (Fsp3) is 0.241. The van der Waals surface area contributed by atoms with E-state index in [9.17, 15) is 4.79 Å². The molecule has 4 rings (SSSR count). The van der Waals surface area contributed by atoms with Gasteiger partial charge in [0.15, 0.2) is 0 Å². The first-order valence-electron chi connectivity index (χ1n) is 11.6. The summed E-state index contributed by atoms with van der Waals surface area (Å²) in [4.78, 5) is 18.8. The molecule has 1 heterocycles. The SMILES string of the molecule is C=CCOC(=O)N1C[C@@H](SC(c2ccccc2)(c2ccccc2)c2ccccc2)C[C@H]1CN=C=S. The number of amides is 1. The van der Waals surface area contributed by atoms with Gasteiger partial charge in [0.25, 0.3) is 0 Å². The summed E-state index contributed by atoms with van der Waals surface area (Å²) >= 11 is 6.68. The number of hydrogen-bond donors (Lipinski definition) is 0. The Labute approximate surface area is 216 Å². The van der Waals surface area contributed by atoms with Crippen LogP contribution in [0.4, 0.5) is 4.79 Å². The van der Waals surface area contributed by atoms with Crippen molar-refractivity contribution in [3.05, 3.63) is 120 Å². The molecule has 1 saturated heterocycles. The van der Waals surface area contributed by atoms with Crippen molar-refractivity contribution in [1.82, 2.24) is 4.90 Å². The van der Waals surface area contributed by atoms with Crippen molar-refractivity contribution in [2.75, 3.05) is 19.7 Å². The number of hydrogen-bond acceptors (Lipinski definition) is 5. The topological polar surface area (TPSA) is 41.9 Å². The Morgan fingerprint density at radius 1 is 1.03 bits per heavy atom. The van der Waals surface area contributed by atoms with E-state index in [1.807, 2.05) is 30.0 Å². The molecule has 1 aliphatic rings. The molecule has 6 heteroatoms. The third-order valence-electron chi connectivity index (χ3n) is 6.19.